The van der Waals surface area contributed by atoms with Crippen molar-refractivity contribution < 1.29 is 19.4 Å². The van der Waals surface area contributed by atoms with E-state index in [1.807, 2.05) is 32.0 Å². The number of aliphatic carboxylic acids is 1. The van der Waals surface area contributed by atoms with Crippen LogP contribution in [0.15, 0.2) is 24.3 Å². The van der Waals surface area contributed by atoms with Crippen molar-refractivity contribution in [3.63, 3.8) is 0 Å². The summed E-state index contributed by atoms with van der Waals surface area (Å²) in [6.07, 6.45) is -0.00128. The van der Waals surface area contributed by atoms with Crippen LogP contribution in [0.25, 0.3) is 0 Å². The van der Waals surface area contributed by atoms with Crippen molar-refractivity contribution in [2.75, 3.05) is 13.1 Å². The van der Waals surface area contributed by atoms with Crippen LogP contribution in [-0.4, -0.2) is 41.1 Å². The first-order valence-corrected chi connectivity index (χ1v) is 6.68. The van der Waals surface area contributed by atoms with Crippen LogP contribution in [0.3, 0.4) is 0 Å². The summed E-state index contributed by atoms with van der Waals surface area (Å²) in [4.78, 5) is 24.3. The van der Waals surface area contributed by atoms with Gasteiger partial charge in [0.1, 0.15) is 12.3 Å². The Morgan fingerprint density at radius 3 is 2.65 bits per heavy atom. The molecule has 1 N–H and O–H groups in total. The lowest BCUT2D eigenvalue weighted by Crippen LogP contribution is -2.43. The van der Waals surface area contributed by atoms with Gasteiger partial charge < -0.3 is 14.7 Å². The molecule has 1 amide bonds. The van der Waals surface area contributed by atoms with E-state index < -0.39 is 12.1 Å². The van der Waals surface area contributed by atoms with Gasteiger partial charge in [-0.15, -0.1) is 0 Å². The smallest absolute Gasteiger partial charge is 0.323 e. The van der Waals surface area contributed by atoms with E-state index in [1.54, 1.807) is 13.0 Å². The molecule has 0 fully saturated rings. The Morgan fingerprint density at radius 2 is 2.10 bits per heavy atom. The molecule has 1 aromatic rings. The lowest BCUT2D eigenvalue weighted by molar-refractivity contribution is -0.147. The third-order valence-electron chi connectivity index (χ3n) is 2.78. The molecule has 5 heteroatoms. The average Bonchev–Trinajstić information content (AvgIpc) is 2.36. The molecule has 0 aliphatic heterocycles. The van der Waals surface area contributed by atoms with Crippen molar-refractivity contribution in [3.05, 3.63) is 29.8 Å². The summed E-state index contributed by atoms with van der Waals surface area (Å²) >= 11 is 0. The minimum Gasteiger partial charge on any atom is -0.481 e. The molecule has 0 aliphatic carbocycles. The van der Waals surface area contributed by atoms with Gasteiger partial charge in [-0.1, -0.05) is 19.1 Å². The highest BCUT2D eigenvalue weighted by Crippen LogP contribution is 2.15. The van der Waals surface area contributed by atoms with Gasteiger partial charge in [-0.25, -0.2) is 0 Å². The Kier molecular flexibility index (Phi) is 6.03. The maximum atomic E-state index is 12.2. The molecule has 0 aliphatic rings. The molecule has 110 valence electrons. The van der Waals surface area contributed by atoms with Crippen LogP contribution in [-0.2, 0) is 9.59 Å². The minimum absolute atomic E-state index is 0.297. The van der Waals surface area contributed by atoms with E-state index >= 15 is 0 Å². The Labute approximate surface area is 119 Å². The maximum absolute atomic E-state index is 12.2. The molecule has 0 saturated heterocycles. The topological polar surface area (TPSA) is 66.8 Å². The summed E-state index contributed by atoms with van der Waals surface area (Å²) in [5.74, 6) is -0.720. The molecule has 1 atom stereocenters. The van der Waals surface area contributed by atoms with Crippen LogP contribution in [0.2, 0.25) is 0 Å². The van der Waals surface area contributed by atoms with Crippen molar-refractivity contribution in [1.29, 1.82) is 0 Å². The first-order chi connectivity index (χ1) is 9.43. The zero-order valence-electron chi connectivity index (χ0n) is 12.1. The van der Waals surface area contributed by atoms with Crippen LogP contribution < -0.4 is 4.74 Å². The van der Waals surface area contributed by atoms with Gasteiger partial charge in [-0.2, -0.15) is 0 Å². The number of nitrogens with zero attached hydrogens (tertiary/aromatic N) is 1. The number of carboxylic acids is 1. The second-order valence-electron chi connectivity index (χ2n) is 4.73. The fourth-order valence-electron chi connectivity index (χ4n) is 1.90. The van der Waals surface area contributed by atoms with Crippen LogP contribution >= 0.6 is 0 Å². The zero-order valence-corrected chi connectivity index (χ0v) is 12.1. The molecular weight excluding hydrogens is 258 g/mol. The number of carbonyl (C=O) groups excluding carboxylic acids is 1. The molecule has 0 aromatic heterocycles. The van der Waals surface area contributed by atoms with Gasteiger partial charge in [0.25, 0.3) is 5.91 Å². The van der Waals surface area contributed by atoms with E-state index in [9.17, 15) is 9.59 Å². The van der Waals surface area contributed by atoms with Crippen LogP contribution in [0.1, 0.15) is 25.8 Å². The van der Waals surface area contributed by atoms with Gasteiger partial charge in [0.05, 0.1) is 0 Å². The third-order valence-corrected chi connectivity index (χ3v) is 2.78. The van der Waals surface area contributed by atoms with E-state index in [1.165, 1.54) is 4.90 Å². The summed E-state index contributed by atoms with van der Waals surface area (Å²) in [6.45, 7) is 5.58. The van der Waals surface area contributed by atoms with E-state index in [-0.39, 0.29) is 12.5 Å². The second kappa shape index (κ2) is 7.53. The summed E-state index contributed by atoms with van der Waals surface area (Å²) in [7, 11) is 0. The third kappa shape index (κ3) is 4.91. The first-order valence-electron chi connectivity index (χ1n) is 6.68. The Bertz CT molecular complexity index is 473. The summed E-state index contributed by atoms with van der Waals surface area (Å²) in [6, 6.07) is 7.40. The van der Waals surface area contributed by atoms with E-state index in [0.717, 1.165) is 5.56 Å². The highest BCUT2D eigenvalue weighted by molar-refractivity contribution is 5.84. The number of hydrogen-bond acceptors (Lipinski definition) is 3. The van der Waals surface area contributed by atoms with Crippen molar-refractivity contribution in [2.45, 2.75) is 33.3 Å². The molecule has 1 unspecified atom stereocenters. The quantitative estimate of drug-likeness (QED) is 0.830. The van der Waals surface area contributed by atoms with E-state index in [0.29, 0.717) is 18.7 Å². The lowest BCUT2D eigenvalue weighted by Gasteiger charge is -2.24. The number of rotatable bonds is 7. The maximum Gasteiger partial charge on any atom is 0.323 e. The van der Waals surface area contributed by atoms with Gasteiger partial charge in [0.15, 0.2) is 6.10 Å². The molecule has 0 bridgehead atoms. The number of ether oxygens (including phenoxy) is 1. The molecule has 0 spiro atoms. The minimum atomic E-state index is -1.02. The van der Waals surface area contributed by atoms with Gasteiger partial charge >= 0.3 is 5.97 Å². The number of carboxylic acid groups (broad SMARTS) is 1. The van der Waals surface area contributed by atoms with Crippen LogP contribution in [0, 0.1) is 6.92 Å². The van der Waals surface area contributed by atoms with Crippen molar-refractivity contribution in [3.8, 4) is 5.75 Å². The fourth-order valence-corrected chi connectivity index (χ4v) is 1.90. The number of carbonyl (C=O) groups is 2. The van der Waals surface area contributed by atoms with E-state index in [4.69, 9.17) is 9.84 Å². The van der Waals surface area contributed by atoms with Crippen LogP contribution in [0.4, 0.5) is 0 Å². The molecule has 5 nitrogen and oxygen atoms in total. The van der Waals surface area contributed by atoms with Crippen molar-refractivity contribution in [2.24, 2.45) is 0 Å². The number of benzene rings is 1. The molecule has 0 radical (unpaired) electrons. The lowest BCUT2D eigenvalue weighted by atomic mass is 10.2. The van der Waals surface area contributed by atoms with Gasteiger partial charge in [0.2, 0.25) is 0 Å². The highest BCUT2D eigenvalue weighted by atomic mass is 16.5. The number of hydrogen-bond donors (Lipinski definition) is 1. The Morgan fingerprint density at radius 1 is 1.40 bits per heavy atom. The monoisotopic (exact) mass is 279 g/mol. The average molecular weight is 279 g/mol. The fraction of sp³-hybridized carbons (Fsp3) is 0.467. The van der Waals surface area contributed by atoms with Gasteiger partial charge in [-0.3, -0.25) is 9.59 Å². The molecule has 0 saturated carbocycles. The standard InChI is InChI=1S/C15H21NO4/c1-4-8-16(10-14(17)18)15(19)12(3)20-13-7-5-6-11(2)9-13/h5-7,9,12H,4,8,10H2,1-3H3,(H,17,18). The molecular formula is C15H21NO4. The normalized spacial score (nSPS) is 11.8. The molecule has 1 rings (SSSR count). The second-order valence-corrected chi connectivity index (χ2v) is 4.73. The molecule has 0 heterocycles. The number of amides is 1. The van der Waals surface area contributed by atoms with E-state index in [2.05, 4.69) is 0 Å². The number of aryl methyl sites for hydroxylation is 1. The van der Waals surface area contributed by atoms with Crippen molar-refractivity contribution >= 4 is 11.9 Å². The first kappa shape index (κ1) is 16.0. The summed E-state index contributed by atoms with van der Waals surface area (Å²) in [5.41, 5.74) is 1.04. The predicted molar refractivity (Wildman–Crippen MR) is 75.8 cm³/mol. The predicted octanol–water partition coefficient (Wildman–Crippen LogP) is 2.09. The van der Waals surface area contributed by atoms with Crippen LogP contribution in [0.5, 0.6) is 5.75 Å². The SMILES string of the molecule is CCCN(CC(=O)O)C(=O)C(C)Oc1cccc(C)c1. The Hall–Kier alpha value is -2.04. The highest BCUT2D eigenvalue weighted by Gasteiger charge is 2.23. The molecule has 1 aromatic carbocycles. The zero-order chi connectivity index (χ0) is 15.1. The summed E-state index contributed by atoms with van der Waals surface area (Å²) in [5, 5.41) is 8.83. The van der Waals surface area contributed by atoms with Gasteiger partial charge in [0, 0.05) is 6.54 Å². The molecule has 20 heavy (non-hydrogen) atoms. The van der Waals surface area contributed by atoms with Gasteiger partial charge in [-0.05, 0) is 38.0 Å². The summed E-state index contributed by atoms with van der Waals surface area (Å²) < 4.78 is 5.58. The Balaban J connectivity index is 2.70. The largest absolute Gasteiger partial charge is 0.481 e. The van der Waals surface area contributed by atoms with Crippen molar-refractivity contribution in [1.82, 2.24) is 4.90 Å².